The highest BCUT2D eigenvalue weighted by Gasteiger charge is 2.32. The van der Waals surface area contributed by atoms with E-state index in [1.165, 1.54) is 24.3 Å². The maximum Gasteiger partial charge on any atom is 0.279 e. The van der Waals surface area contributed by atoms with Crippen LogP contribution in [-0.4, -0.2) is 30.0 Å². The minimum absolute atomic E-state index is 0.0219. The monoisotopic (exact) mass is 311 g/mol. The van der Waals surface area contributed by atoms with Gasteiger partial charge in [-0.05, 0) is 18.6 Å². The third-order valence-corrected chi connectivity index (χ3v) is 5.12. The lowest BCUT2D eigenvalue weighted by Gasteiger charge is -2.23. The molecule has 1 aliphatic heterocycles. The first-order valence-corrected chi connectivity index (χ1v) is 8.22. The average Bonchev–Trinajstić information content (AvgIpc) is 2.94. The Bertz CT molecular complexity index is 640. The Morgan fingerprint density at radius 3 is 2.62 bits per heavy atom. The predicted molar refractivity (Wildman–Crippen MR) is 78.5 cm³/mol. The van der Waals surface area contributed by atoms with E-state index in [0.717, 1.165) is 23.7 Å². The van der Waals surface area contributed by atoms with E-state index in [4.69, 9.17) is 0 Å². The molecule has 0 radical (unpaired) electrons. The molecule has 0 amide bonds. The molecule has 0 fully saturated rings. The third-order valence-electron chi connectivity index (χ3n) is 3.37. The number of rotatable bonds is 6. The average molecular weight is 311 g/mol. The molecule has 0 unspecified atom stereocenters. The summed E-state index contributed by atoms with van der Waals surface area (Å²) in [5.41, 5.74) is -0.138. The van der Waals surface area contributed by atoms with Gasteiger partial charge in [0.15, 0.2) is 0 Å². The maximum atomic E-state index is 12.5. The van der Waals surface area contributed by atoms with Gasteiger partial charge in [-0.15, -0.1) is 0 Å². The van der Waals surface area contributed by atoms with Crippen LogP contribution in [-0.2, 0) is 10.0 Å². The Labute approximate surface area is 123 Å². The van der Waals surface area contributed by atoms with Gasteiger partial charge >= 0.3 is 0 Å². The molecule has 0 spiro atoms. The molecule has 0 N–H and O–H groups in total. The number of nitro groups is 1. The first-order valence-electron chi connectivity index (χ1n) is 6.78. The van der Waals surface area contributed by atoms with Gasteiger partial charge in [0.05, 0.1) is 15.9 Å². The van der Waals surface area contributed by atoms with Crippen LogP contribution in [0, 0.1) is 10.1 Å². The highest BCUT2D eigenvalue weighted by Crippen LogP contribution is 2.26. The summed E-state index contributed by atoms with van der Waals surface area (Å²) in [6.07, 6.45) is 4.88. The second-order valence-corrected chi connectivity index (χ2v) is 6.65. The molecule has 8 heteroatoms. The molecular formula is C13H17N3O4S. The van der Waals surface area contributed by atoms with Crippen LogP contribution in [0.2, 0.25) is 0 Å². The summed E-state index contributed by atoms with van der Waals surface area (Å²) in [5.74, 6) is 0. The normalized spacial score (nSPS) is 18.1. The van der Waals surface area contributed by atoms with E-state index in [-0.39, 0.29) is 16.6 Å². The van der Waals surface area contributed by atoms with Crippen molar-refractivity contribution in [2.45, 2.75) is 43.5 Å². The van der Waals surface area contributed by atoms with Gasteiger partial charge in [-0.25, -0.2) is 0 Å². The second-order valence-electron chi connectivity index (χ2n) is 4.86. The lowest BCUT2D eigenvalue weighted by molar-refractivity contribution is -0.384. The lowest BCUT2D eigenvalue weighted by Crippen LogP contribution is -2.32. The number of unbranched alkanes of at least 4 members (excludes halogenated alkanes) is 1. The van der Waals surface area contributed by atoms with Crippen molar-refractivity contribution < 1.29 is 13.3 Å². The smallest absolute Gasteiger partial charge is 0.258 e. The second kappa shape index (κ2) is 6.21. The molecule has 2 rings (SSSR count). The summed E-state index contributed by atoms with van der Waals surface area (Å²) in [6, 6.07) is 4.71. The zero-order valence-electron chi connectivity index (χ0n) is 11.7. The van der Waals surface area contributed by atoms with E-state index in [1.54, 1.807) is 6.21 Å². The standard InChI is InChI=1S/C13H17N3O4S/c1-2-3-4-11-9-10-14-15(11)21(19,20)13-7-5-12(6-8-13)16(17)18/h5-8,10-11H,2-4,9H2,1H3/t11-/m1/s1. The molecule has 1 heterocycles. The van der Waals surface area contributed by atoms with E-state index in [1.807, 2.05) is 6.92 Å². The van der Waals surface area contributed by atoms with Crippen LogP contribution in [0.4, 0.5) is 5.69 Å². The number of non-ortho nitro benzene ring substituents is 1. The minimum Gasteiger partial charge on any atom is -0.258 e. The van der Waals surface area contributed by atoms with E-state index in [9.17, 15) is 18.5 Å². The van der Waals surface area contributed by atoms with Gasteiger partial charge in [0.25, 0.3) is 15.7 Å². The molecule has 0 aliphatic carbocycles. The SMILES string of the molecule is CCCC[C@@H]1CC=NN1S(=O)(=O)c1ccc([N+](=O)[O-])cc1. The molecule has 0 saturated carbocycles. The van der Waals surface area contributed by atoms with E-state index >= 15 is 0 Å². The van der Waals surface area contributed by atoms with Crippen molar-refractivity contribution in [3.63, 3.8) is 0 Å². The van der Waals surface area contributed by atoms with Crippen LogP contribution in [0.5, 0.6) is 0 Å². The molecule has 0 bridgehead atoms. The third kappa shape index (κ3) is 3.21. The van der Waals surface area contributed by atoms with Gasteiger partial charge in [0, 0.05) is 24.8 Å². The summed E-state index contributed by atoms with van der Waals surface area (Å²) in [6.45, 7) is 2.05. The van der Waals surface area contributed by atoms with Gasteiger partial charge in [-0.2, -0.15) is 17.9 Å². The van der Waals surface area contributed by atoms with Crippen molar-refractivity contribution in [3.8, 4) is 0 Å². The molecule has 0 aromatic heterocycles. The van der Waals surface area contributed by atoms with Crippen LogP contribution in [0.1, 0.15) is 32.6 Å². The lowest BCUT2D eigenvalue weighted by atomic mass is 10.1. The minimum atomic E-state index is -3.75. The van der Waals surface area contributed by atoms with Gasteiger partial charge in [0.1, 0.15) is 0 Å². The zero-order valence-corrected chi connectivity index (χ0v) is 12.5. The van der Waals surface area contributed by atoms with Crippen LogP contribution in [0.3, 0.4) is 0 Å². The maximum absolute atomic E-state index is 12.5. The predicted octanol–water partition coefficient (Wildman–Crippen LogP) is 2.53. The number of hydrogen-bond donors (Lipinski definition) is 0. The zero-order chi connectivity index (χ0) is 15.5. The first kappa shape index (κ1) is 15.4. The summed E-state index contributed by atoms with van der Waals surface area (Å²) < 4.78 is 26.2. The van der Waals surface area contributed by atoms with Crippen LogP contribution in [0.15, 0.2) is 34.3 Å². The summed E-state index contributed by atoms with van der Waals surface area (Å²) in [7, 11) is -3.75. The van der Waals surface area contributed by atoms with Crippen LogP contribution >= 0.6 is 0 Å². The Kier molecular flexibility index (Phi) is 4.56. The highest BCUT2D eigenvalue weighted by atomic mass is 32.2. The summed E-state index contributed by atoms with van der Waals surface area (Å²) in [5, 5.41) is 14.6. The van der Waals surface area contributed by atoms with Gasteiger partial charge in [-0.1, -0.05) is 19.8 Å². The van der Waals surface area contributed by atoms with Gasteiger partial charge < -0.3 is 0 Å². The topological polar surface area (TPSA) is 92.9 Å². The van der Waals surface area contributed by atoms with Gasteiger partial charge in [-0.3, -0.25) is 10.1 Å². The fourth-order valence-corrected chi connectivity index (χ4v) is 3.68. The fraction of sp³-hybridized carbons (Fsp3) is 0.462. The largest absolute Gasteiger partial charge is 0.279 e. The molecule has 1 aromatic carbocycles. The molecule has 1 atom stereocenters. The van der Waals surface area contributed by atoms with Crippen molar-refractivity contribution in [2.24, 2.45) is 5.10 Å². The summed E-state index contributed by atoms with van der Waals surface area (Å²) in [4.78, 5) is 10.1. The van der Waals surface area contributed by atoms with Crippen LogP contribution < -0.4 is 0 Å². The number of benzene rings is 1. The Morgan fingerprint density at radius 2 is 2.05 bits per heavy atom. The number of nitro benzene ring substituents is 1. The quantitative estimate of drug-likeness (QED) is 0.596. The van der Waals surface area contributed by atoms with Crippen molar-refractivity contribution in [3.05, 3.63) is 34.4 Å². The van der Waals surface area contributed by atoms with E-state index < -0.39 is 14.9 Å². The summed E-state index contributed by atoms with van der Waals surface area (Å²) >= 11 is 0. The van der Waals surface area contributed by atoms with Gasteiger partial charge in [0.2, 0.25) is 0 Å². The molecule has 114 valence electrons. The molecule has 21 heavy (non-hydrogen) atoms. The van der Waals surface area contributed by atoms with E-state index in [2.05, 4.69) is 5.10 Å². The first-order chi connectivity index (χ1) is 9.96. The van der Waals surface area contributed by atoms with E-state index in [0.29, 0.717) is 6.42 Å². The fourth-order valence-electron chi connectivity index (χ4n) is 2.21. The molecule has 1 aromatic rings. The number of hydrazone groups is 1. The Balaban J connectivity index is 2.24. The van der Waals surface area contributed by atoms with Crippen LogP contribution in [0.25, 0.3) is 0 Å². The number of sulfonamides is 1. The Hall–Kier alpha value is -1.96. The van der Waals surface area contributed by atoms with Crippen molar-refractivity contribution in [1.82, 2.24) is 4.41 Å². The molecule has 0 saturated heterocycles. The molecular weight excluding hydrogens is 294 g/mol. The van der Waals surface area contributed by atoms with Crippen molar-refractivity contribution >= 4 is 21.9 Å². The number of hydrogen-bond acceptors (Lipinski definition) is 5. The number of nitrogens with zero attached hydrogens (tertiary/aromatic N) is 3. The van der Waals surface area contributed by atoms with Crippen molar-refractivity contribution in [1.29, 1.82) is 0 Å². The molecule has 1 aliphatic rings. The Morgan fingerprint density at radius 1 is 1.38 bits per heavy atom. The highest BCUT2D eigenvalue weighted by molar-refractivity contribution is 7.89. The van der Waals surface area contributed by atoms with Crippen molar-refractivity contribution in [2.75, 3.05) is 0 Å². The molecule has 7 nitrogen and oxygen atoms in total.